The number of hydrogen-bond donors (Lipinski definition) is 1. The van der Waals surface area contributed by atoms with Crippen molar-refractivity contribution in [3.63, 3.8) is 0 Å². The van der Waals surface area contributed by atoms with Gasteiger partial charge in [-0.3, -0.25) is 4.90 Å². The van der Waals surface area contributed by atoms with Crippen molar-refractivity contribution in [1.29, 1.82) is 0 Å². The second kappa shape index (κ2) is 5.45. The van der Waals surface area contributed by atoms with Gasteiger partial charge in [0, 0.05) is 18.5 Å². The third kappa shape index (κ3) is 2.61. The lowest BCUT2D eigenvalue weighted by Crippen LogP contribution is -2.46. The van der Waals surface area contributed by atoms with Crippen molar-refractivity contribution >= 4 is 0 Å². The second-order valence-corrected chi connectivity index (χ2v) is 6.67. The highest BCUT2D eigenvalue weighted by molar-refractivity contribution is 5.24. The van der Waals surface area contributed by atoms with Crippen molar-refractivity contribution in [2.45, 2.75) is 51.7 Å². The number of aliphatic hydroxyl groups excluding tert-OH is 1. The lowest BCUT2D eigenvalue weighted by Gasteiger charge is -2.42. The molecular formula is C17H24FNO. The van der Waals surface area contributed by atoms with Gasteiger partial charge in [0.05, 0.1) is 6.10 Å². The molecule has 2 nitrogen and oxygen atoms in total. The Morgan fingerprint density at radius 2 is 2.15 bits per heavy atom. The van der Waals surface area contributed by atoms with Gasteiger partial charge in [-0.25, -0.2) is 4.39 Å². The van der Waals surface area contributed by atoms with E-state index in [0.717, 1.165) is 57.3 Å². The Hall–Kier alpha value is -0.930. The van der Waals surface area contributed by atoms with Crippen LogP contribution in [0.5, 0.6) is 0 Å². The van der Waals surface area contributed by atoms with Crippen LogP contribution in [0.4, 0.5) is 4.39 Å². The van der Waals surface area contributed by atoms with Gasteiger partial charge in [0.2, 0.25) is 0 Å². The number of rotatable bonds is 2. The third-order valence-corrected chi connectivity index (χ3v) is 5.18. The van der Waals surface area contributed by atoms with Crippen LogP contribution in [0, 0.1) is 18.2 Å². The van der Waals surface area contributed by atoms with Crippen LogP contribution in [-0.4, -0.2) is 29.2 Å². The number of likely N-dealkylation sites (tertiary alicyclic amines) is 1. The first-order valence-corrected chi connectivity index (χ1v) is 7.75. The molecule has 1 aromatic rings. The van der Waals surface area contributed by atoms with Crippen LogP contribution in [0.1, 0.15) is 43.2 Å². The van der Waals surface area contributed by atoms with Crippen molar-refractivity contribution in [2.24, 2.45) is 5.41 Å². The highest BCUT2D eigenvalue weighted by atomic mass is 19.1. The molecule has 1 aromatic carbocycles. The molecule has 0 radical (unpaired) electrons. The summed E-state index contributed by atoms with van der Waals surface area (Å²) in [5, 5.41) is 10.3. The molecule has 1 heterocycles. The Balaban J connectivity index is 1.69. The summed E-state index contributed by atoms with van der Waals surface area (Å²) in [6.45, 7) is 4.77. The fraction of sp³-hybridized carbons (Fsp3) is 0.647. The lowest BCUT2D eigenvalue weighted by atomic mass is 9.76. The Labute approximate surface area is 120 Å². The smallest absolute Gasteiger partial charge is 0.126 e. The standard InChI is InChI=1S/C17H24FNO/c1-13-10-14(5-6-15(13)18)11-19-9-3-8-17(12-19)7-2-4-16(17)20/h5-6,10,16,20H,2-4,7-9,11-12H2,1H3/t16-,17+/m1/s1. The molecule has 3 heteroatoms. The molecule has 1 N–H and O–H groups in total. The molecule has 2 aliphatic rings. The van der Waals surface area contributed by atoms with E-state index in [1.54, 1.807) is 6.07 Å². The molecule has 0 unspecified atom stereocenters. The van der Waals surface area contributed by atoms with Gasteiger partial charge in [0.25, 0.3) is 0 Å². The van der Waals surface area contributed by atoms with Crippen LogP contribution >= 0.6 is 0 Å². The number of aryl methyl sites for hydroxylation is 1. The van der Waals surface area contributed by atoms with Crippen molar-refractivity contribution in [1.82, 2.24) is 4.90 Å². The van der Waals surface area contributed by atoms with Gasteiger partial charge in [-0.1, -0.05) is 18.6 Å². The van der Waals surface area contributed by atoms with E-state index in [9.17, 15) is 9.50 Å². The summed E-state index contributed by atoms with van der Waals surface area (Å²) in [6.07, 6.45) is 5.48. The number of piperidine rings is 1. The Morgan fingerprint density at radius 3 is 2.85 bits per heavy atom. The van der Waals surface area contributed by atoms with Gasteiger partial charge >= 0.3 is 0 Å². The molecule has 1 aliphatic heterocycles. The van der Waals surface area contributed by atoms with Crippen LogP contribution in [-0.2, 0) is 6.54 Å². The maximum Gasteiger partial charge on any atom is 0.126 e. The zero-order valence-corrected chi connectivity index (χ0v) is 12.2. The molecule has 1 saturated carbocycles. The Kier molecular flexibility index (Phi) is 3.83. The minimum Gasteiger partial charge on any atom is -0.393 e. The molecule has 0 aromatic heterocycles. The number of aliphatic hydroxyl groups is 1. The van der Waals surface area contributed by atoms with Gasteiger partial charge in [0.1, 0.15) is 5.82 Å². The lowest BCUT2D eigenvalue weighted by molar-refractivity contribution is -0.0120. The summed E-state index contributed by atoms with van der Waals surface area (Å²) in [7, 11) is 0. The first kappa shape index (κ1) is 14.0. The molecule has 110 valence electrons. The number of hydrogen-bond acceptors (Lipinski definition) is 2. The van der Waals surface area contributed by atoms with Crippen LogP contribution in [0.15, 0.2) is 18.2 Å². The summed E-state index contributed by atoms with van der Waals surface area (Å²) >= 11 is 0. The van der Waals surface area contributed by atoms with E-state index in [1.165, 1.54) is 5.56 Å². The molecule has 2 fully saturated rings. The molecule has 0 amide bonds. The number of halogens is 1. The predicted molar refractivity (Wildman–Crippen MR) is 77.9 cm³/mol. The average Bonchev–Trinajstić information content (AvgIpc) is 2.75. The minimum absolute atomic E-state index is 0.125. The molecule has 1 aliphatic carbocycles. The van der Waals surface area contributed by atoms with E-state index >= 15 is 0 Å². The maximum absolute atomic E-state index is 13.3. The van der Waals surface area contributed by atoms with E-state index in [0.29, 0.717) is 0 Å². The molecule has 2 atom stereocenters. The summed E-state index contributed by atoms with van der Waals surface area (Å²) in [4.78, 5) is 2.44. The SMILES string of the molecule is Cc1cc(CN2CCC[C@@]3(CCC[C@H]3O)C2)ccc1F. The van der Waals surface area contributed by atoms with Gasteiger partial charge < -0.3 is 5.11 Å². The Bertz CT molecular complexity index is 490. The number of benzene rings is 1. The van der Waals surface area contributed by atoms with Gasteiger partial charge in [-0.15, -0.1) is 0 Å². The molecule has 20 heavy (non-hydrogen) atoms. The minimum atomic E-state index is -0.130. The summed E-state index contributed by atoms with van der Waals surface area (Å²) < 4.78 is 13.3. The van der Waals surface area contributed by atoms with Crippen molar-refractivity contribution in [2.75, 3.05) is 13.1 Å². The van der Waals surface area contributed by atoms with E-state index < -0.39 is 0 Å². The zero-order chi connectivity index (χ0) is 14.2. The monoisotopic (exact) mass is 277 g/mol. The average molecular weight is 277 g/mol. The van der Waals surface area contributed by atoms with E-state index in [2.05, 4.69) is 4.90 Å². The summed E-state index contributed by atoms with van der Waals surface area (Å²) in [5.41, 5.74) is 2.02. The van der Waals surface area contributed by atoms with Crippen LogP contribution < -0.4 is 0 Å². The third-order valence-electron chi connectivity index (χ3n) is 5.18. The van der Waals surface area contributed by atoms with E-state index in [-0.39, 0.29) is 17.3 Å². The fourth-order valence-corrected chi connectivity index (χ4v) is 4.05. The summed E-state index contributed by atoms with van der Waals surface area (Å²) in [5.74, 6) is -0.130. The second-order valence-electron chi connectivity index (χ2n) is 6.67. The first-order chi connectivity index (χ1) is 9.59. The number of nitrogens with zero attached hydrogens (tertiary/aromatic N) is 1. The molecular weight excluding hydrogens is 253 g/mol. The highest BCUT2D eigenvalue weighted by Crippen LogP contribution is 2.45. The quantitative estimate of drug-likeness (QED) is 0.897. The molecule has 1 spiro atoms. The van der Waals surface area contributed by atoms with Crippen molar-refractivity contribution in [3.8, 4) is 0 Å². The maximum atomic E-state index is 13.3. The van der Waals surface area contributed by atoms with Crippen LogP contribution in [0.3, 0.4) is 0 Å². The topological polar surface area (TPSA) is 23.5 Å². The van der Waals surface area contributed by atoms with Crippen molar-refractivity contribution < 1.29 is 9.50 Å². The van der Waals surface area contributed by atoms with E-state index in [4.69, 9.17) is 0 Å². The largest absolute Gasteiger partial charge is 0.393 e. The normalized spacial score (nSPS) is 31.1. The predicted octanol–water partition coefficient (Wildman–Crippen LogP) is 3.26. The first-order valence-electron chi connectivity index (χ1n) is 7.75. The molecule has 1 saturated heterocycles. The van der Waals surface area contributed by atoms with Crippen LogP contribution in [0.25, 0.3) is 0 Å². The van der Waals surface area contributed by atoms with Gasteiger partial charge in [-0.05, 0) is 56.3 Å². The highest BCUT2D eigenvalue weighted by Gasteiger charge is 2.44. The Morgan fingerprint density at radius 1 is 1.35 bits per heavy atom. The van der Waals surface area contributed by atoms with E-state index in [1.807, 2.05) is 19.1 Å². The van der Waals surface area contributed by atoms with Crippen LogP contribution in [0.2, 0.25) is 0 Å². The molecule has 3 rings (SSSR count). The van der Waals surface area contributed by atoms with Gasteiger partial charge in [0.15, 0.2) is 0 Å². The summed E-state index contributed by atoms with van der Waals surface area (Å²) in [6, 6.07) is 5.39. The van der Waals surface area contributed by atoms with Gasteiger partial charge in [-0.2, -0.15) is 0 Å². The molecule has 0 bridgehead atoms. The van der Waals surface area contributed by atoms with Crippen molar-refractivity contribution in [3.05, 3.63) is 35.1 Å². The fourth-order valence-electron chi connectivity index (χ4n) is 4.05. The zero-order valence-electron chi connectivity index (χ0n) is 12.2.